The van der Waals surface area contributed by atoms with Crippen molar-refractivity contribution in [3.8, 4) is 0 Å². The van der Waals surface area contributed by atoms with Gasteiger partial charge in [0.25, 0.3) is 0 Å². The molecule has 0 saturated heterocycles. The molecule has 0 amide bonds. The molecule has 0 aromatic carbocycles. The zero-order valence-corrected chi connectivity index (χ0v) is 56.3. The van der Waals surface area contributed by atoms with Gasteiger partial charge < -0.3 is 14.6 Å². The average Bonchev–Trinajstić information content (AvgIpc) is 3.54. The lowest BCUT2D eigenvalue weighted by molar-refractivity contribution is -0.161. The Morgan fingerprint density at radius 1 is 0.279 bits per heavy atom. The van der Waals surface area contributed by atoms with Gasteiger partial charge in [0.1, 0.15) is 6.61 Å². The first-order valence-corrected chi connectivity index (χ1v) is 36.4. The third kappa shape index (κ3) is 72.3. The Balaban J connectivity index is 3.57. The van der Waals surface area contributed by atoms with Crippen LogP contribution >= 0.6 is 0 Å². The minimum atomic E-state index is -0.796. The molecule has 0 radical (unpaired) electrons. The summed E-state index contributed by atoms with van der Waals surface area (Å²) in [6, 6.07) is 0. The molecule has 0 aromatic rings. The maximum absolute atomic E-state index is 12.4. The predicted octanol–water partition coefficient (Wildman–Crippen LogP) is 25.7. The van der Waals surface area contributed by atoms with E-state index in [0.717, 1.165) is 128 Å². The molecule has 0 aliphatic rings. The third-order valence-corrected chi connectivity index (χ3v) is 15.6. The number of ether oxygens (including phenoxy) is 2. The molecule has 1 N–H and O–H groups in total. The summed E-state index contributed by atoms with van der Waals surface area (Å²) in [6.07, 6.45) is 113. The van der Waals surface area contributed by atoms with Crippen molar-refractivity contribution in [2.24, 2.45) is 0 Å². The fraction of sp³-hybridized carbons (Fsp3) is 0.679. The maximum Gasteiger partial charge on any atom is 0.306 e. The van der Waals surface area contributed by atoms with Crippen molar-refractivity contribution in [3.63, 3.8) is 0 Å². The van der Waals surface area contributed by atoms with Crippen molar-refractivity contribution in [2.75, 3.05) is 13.2 Å². The summed E-state index contributed by atoms with van der Waals surface area (Å²) in [5.41, 5.74) is 0. The van der Waals surface area contributed by atoms with Crippen LogP contribution < -0.4 is 0 Å². The molecule has 0 spiro atoms. The van der Waals surface area contributed by atoms with Gasteiger partial charge in [-0.3, -0.25) is 9.59 Å². The molecule has 0 heterocycles. The lowest BCUT2D eigenvalue weighted by atomic mass is 10.0. The van der Waals surface area contributed by atoms with Gasteiger partial charge >= 0.3 is 11.9 Å². The monoisotopic (exact) mass is 1190 g/mol. The van der Waals surface area contributed by atoms with Crippen LogP contribution in [0.1, 0.15) is 335 Å². The van der Waals surface area contributed by atoms with Crippen LogP contribution in [0.15, 0.2) is 146 Å². The second kappa shape index (κ2) is 75.0. The highest BCUT2D eigenvalue weighted by Crippen LogP contribution is 2.18. The van der Waals surface area contributed by atoms with Gasteiger partial charge in [-0.2, -0.15) is 0 Å². The van der Waals surface area contributed by atoms with Crippen molar-refractivity contribution in [1.82, 2.24) is 0 Å². The van der Waals surface area contributed by atoms with E-state index in [1.807, 2.05) is 0 Å². The Bertz CT molecular complexity index is 1780. The summed E-state index contributed by atoms with van der Waals surface area (Å²) in [7, 11) is 0. The zero-order chi connectivity index (χ0) is 61.9. The minimum Gasteiger partial charge on any atom is -0.462 e. The van der Waals surface area contributed by atoms with E-state index in [1.165, 1.54) is 180 Å². The lowest BCUT2D eigenvalue weighted by Crippen LogP contribution is -2.28. The lowest BCUT2D eigenvalue weighted by Gasteiger charge is -2.15. The van der Waals surface area contributed by atoms with E-state index in [9.17, 15) is 14.7 Å². The summed E-state index contributed by atoms with van der Waals surface area (Å²) in [6.45, 7) is 4.04. The molecule has 0 rings (SSSR count). The number of rotatable bonds is 66. The zero-order valence-electron chi connectivity index (χ0n) is 56.3. The molecule has 86 heavy (non-hydrogen) atoms. The van der Waals surface area contributed by atoms with E-state index in [1.54, 1.807) is 0 Å². The van der Waals surface area contributed by atoms with Gasteiger partial charge in [-0.1, -0.05) is 365 Å². The molecular formula is C81H136O5. The van der Waals surface area contributed by atoms with E-state index in [-0.39, 0.29) is 25.2 Å². The highest BCUT2D eigenvalue weighted by atomic mass is 16.6. The Hall–Kier alpha value is -4.22. The number of hydrogen-bond acceptors (Lipinski definition) is 5. The normalized spacial score (nSPS) is 13.1. The Kier molecular flexibility index (Phi) is 71.3. The van der Waals surface area contributed by atoms with Crippen molar-refractivity contribution < 1.29 is 24.2 Å². The van der Waals surface area contributed by atoms with Crippen LogP contribution in [0.4, 0.5) is 0 Å². The highest BCUT2D eigenvalue weighted by molar-refractivity contribution is 5.70. The largest absolute Gasteiger partial charge is 0.462 e. The smallest absolute Gasteiger partial charge is 0.306 e. The van der Waals surface area contributed by atoms with Crippen LogP contribution in [0.5, 0.6) is 0 Å². The van der Waals surface area contributed by atoms with E-state index in [0.29, 0.717) is 12.8 Å². The first-order chi connectivity index (χ1) is 42.6. The number of aliphatic hydroxyl groups is 1. The van der Waals surface area contributed by atoms with E-state index in [4.69, 9.17) is 9.47 Å². The van der Waals surface area contributed by atoms with Gasteiger partial charge in [-0.05, 0) is 103 Å². The molecule has 0 aromatic heterocycles. The van der Waals surface area contributed by atoms with Crippen LogP contribution in [0, 0.1) is 0 Å². The Morgan fingerprint density at radius 2 is 0.500 bits per heavy atom. The molecule has 1 unspecified atom stereocenters. The molecule has 0 aliphatic heterocycles. The summed E-state index contributed by atoms with van der Waals surface area (Å²) in [4.78, 5) is 24.7. The van der Waals surface area contributed by atoms with Crippen LogP contribution in [-0.2, 0) is 19.1 Å². The first-order valence-electron chi connectivity index (χ1n) is 36.4. The second-order valence-electron chi connectivity index (χ2n) is 23.9. The summed E-state index contributed by atoms with van der Waals surface area (Å²) < 4.78 is 10.7. The third-order valence-electron chi connectivity index (χ3n) is 15.6. The topological polar surface area (TPSA) is 72.8 Å². The van der Waals surface area contributed by atoms with Gasteiger partial charge in [0.15, 0.2) is 6.10 Å². The van der Waals surface area contributed by atoms with E-state index < -0.39 is 6.10 Å². The number of allylic oxidation sites excluding steroid dienone is 24. The Labute approximate surface area is 533 Å². The molecule has 0 bridgehead atoms. The van der Waals surface area contributed by atoms with E-state index in [2.05, 4.69) is 160 Å². The maximum atomic E-state index is 12.4. The molecular weight excluding hydrogens is 1050 g/mol. The number of unbranched alkanes of at least 4 members (excludes halogenated alkanes) is 34. The van der Waals surface area contributed by atoms with Crippen LogP contribution in [-0.4, -0.2) is 36.4 Å². The summed E-state index contributed by atoms with van der Waals surface area (Å²) >= 11 is 0. The molecule has 5 nitrogen and oxygen atoms in total. The van der Waals surface area contributed by atoms with Crippen molar-refractivity contribution >= 4 is 11.9 Å². The van der Waals surface area contributed by atoms with E-state index >= 15 is 0 Å². The predicted molar refractivity (Wildman–Crippen MR) is 380 cm³/mol. The minimum absolute atomic E-state index is 0.0810. The van der Waals surface area contributed by atoms with Crippen LogP contribution in [0.3, 0.4) is 0 Å². The van der Waals surface area contributed by atoms with Crippen molar-refractivity contribution in [2.45, 2.75) is 341 Å². The fourth-order valence-electron chi connectivity index (χ4n) is 10.2. The molecule has 490 valence electrons. The Morgan fingerprint density at radius 3 is 0.756 bits per heavy atom. The quantitative estimate of drug-likeness (QED) is 0.0373. The first kappa shape index (κ1) is 81.8. The highest BCUT2D eigenvalue weighted by Gasteiger charge is 2.16. The number of carbonyl (C=O) groups excluding carboxylic acids is 2. The summed E-state index contributed by atoms with van der Waals surface area (Å²) in [5, 5.41) is 9.70. The summed E-state index contributed by atoms with van der Waals surface area (Å²) in [5.74, 6) is -0.616. The number of aliphatic hydroxyl groups excluding tert-OH is 1. The molecule has 0 aliphatic carbocycles. The van der Waals surface area contributed by atoms with Crippen LogP contribution in [0.2, 0.25) is 0 Å². The van der Waals surface area contributed by atoms with Gasteiger partial charge in [0.2, 0.25) is 0 Å². The van der Waals surface area contributed by atoms with Crippen LogP contribution in [0.25, 0.3) is 0 Å². The SMILES string of the molecule is CC/C=C\C/C=C\C/C=C\C/C=C\C/C=C\C/C=C\C/C=C\C/C=C\C/C=C\C/C=C\C/C=C\C/C=C\CCCCCCC(=O)OC(CO)COC(=O)CCCCCCCCCCCCCCCCCCCCCCCCCCCCCCCCC. The van der Waals surface area contributed by atoms with Gasteiger partial charge in [-0.25, -0.2) is 0 Å². The number of esters is 2. The average molecular weight is 1190 g/mol. The van der Waals surface area contributed by atoms with Gasteiger partial charge in [-0.15, -0.1) is 0 Å². The fourth-order valence-corrected chi connectivity index (χ4v) is 10.2. The number of hydrogen-bond donors (Lipinski definition) is 1. The van der Waals surface area contributed by atoms with Crippen molar-refractivity contribution in [3.05, 3.63) is 146 Å². The van der Waals surface area contributed by atoms with Crippen molar-refractivity contribution in [1.29, 1.82) is 0 Å². The molecule has 0 fully saturated rings. The van der Waals surface area contributed by atoms with Gasteiger partial charge in [0, 0.05) is 12.8 Å². The standard InChI is InChI=1S/C81H136O5/c1-3-5-7-9-11-13-15-17-19-21-23-25-27-29-31-33-35-36-37-38-39-40-41-42-43-44-46-48-50-52-54-56-58-60-62-64-66-68-70-72-74-76-81(84)86-79(77-82)78-85-80(83)75-73-71-69-67-65-63-61-59-57-55-53-51-49-47-45-34-32-30-28-26-24-22-20-18-16-14-12-10-8-6-4-2/h5,7,11,13,17,19,23,25,29,31,35-36,38-39,41-42,44,46,50,52,56,58,62,64,79,82H,3-4,6,8-10,12,14-16,18,20-22,24,26-28,30,32-34,37,40,43,45,47-49,51,53-55,57,59-61,63,65-78H2,1-2H3/b7-5-,13-11-,19-17-,25-23-,31-29-,36-35-,39-38-,42-41-,46-44-,52-50-,58-56-,64-62-. The molecule has 5 heteroatoms. The van der Waals surface area contributed by atoms with Gasteiger partial charge in [0.05, 0.1) is 6.61 Å². The molecule has 1 atom stereocenters. The number of carbonyl (C=O) groups is 2. The molecule has 0 saturated carbocycles. The second-order valence-corrected chi connectivity index (χ2v) is 23.9.